The van der Waals surface area contributed by atoms with Crippen LogP contribution in [0.2, 0.25) is 0 Å². The average Bonchev–Trinajstić information content (AvgIpc) is 2.12. The molecule has 0 saturated carbocycles. The first-order chi connectivity index (χ1) is 6.11. The molecule has 6 N–H and O–H groups in total. The van der Waals surface area contributed by atoms with Gasteiger partial charge in [-0.3, -0.25) is 0 Å². The zero-order chi connectivity index (χ0) is 10.0. The smallest absolute Gasteiger partial charge is 0.161 e. The molecular formula is C7H15NO5. The standard InChI is InChI=1S/C7H15NO5/c8-1-3-5(10)6(11)4(2-9)13-7(3)12/h3-7,9-12H,1-2,8H2/t3-,4+,5+,6+,7?/m0/s1. The van der Waals surface area contributed by atoms with Gasteiger partial charge in [-0.2, -0.15) is 0 Å². The van der Waals surface area contributed by atoms with Gasteiger partial charge in [0.1, 0.15) is 12.2 Å². The Kier molecular flexibility index (Phi) is 3.60. The molecule has 1 unspecified atom stereocenters. The van der Waals surface area contributed by atoms with E-state index in [9.17, 15) is 15.3 Å². The first kappa shape index (κ1) is 10.8. The van der Waals surface area contributed by atoms with Crippen molar-refractivity contribution in [2.75, 3.05) is 13.2 Å². The maximum Gasteiger partial charge on any atom is 0.161 e. The van der Waals surface area contributed by atoms with Crippen molar-refractivity contribution in [3.63, 3.8) is 0 Å². The second-order valence-corrected chi connectivity index (χ2v) is 3.13. The van der Waals surface area contributed by atoms with E-state index in [1.807, 2.05) is 0 Å². The summed E-state index contributed by atoms with van der Waals surface area (Å²) in [6.45, 7) is -0.440. The average molecular weight is 193 g/mol. The molecule has 1 heterocycles. The zero-order valence-corrected chi connectivity index (χ0v) is 7.08. The molecule has 6 heteroatoms. The van der Waals surface area contributed by atoms with E-state index in [1.165, 1.54) is 0 Å². The van der Waals surface area contributed by atoms with Crippen molar-refractivity contribution in [3.8, 4) is 0 Å². The van der Waals surface area contributed by atoms with Crippen LogP contribution in [-0.4, -0.2) is 58.2 Å². The van der Waals surface area contributed by atoms with Gasteiger partial charge in [-0.15, -0.1) is 0 Å². The summed E-state index contributed by atoms with van der Waals surface area (Å²) in [7, 11) is 0. The molecular weight excluding hydrogens is 178 g/mol. The zero-order valence-electron chi connectivity index (χ0n) is 7.08. The van der Waals surface area contributed by atoms with Gasteiger partial charge in [0.2, 0.25) is 0 Å². The van der Waals surface area contributed by atoms with E-state index in [0.29, 0.717) is 0 Å². The minimum atomic E-state index is -1.24. The highest BCUT2D eigenvalue weighted by Gasteiger charge is 2.42. The molecule has 0 aromatic carbocycles. The number of aliphatic hydroxyl groups excluding tert-OH is 4. The van der Waals surface area contributed by atoms with Gasteiger partial charge in [0.05, 0.1) is 18.6 Å². The number of ether oxygens (including phenoxy) is 1. The minimum absolute atomic E-state index is 0.0115. The first-order valence-electron chi connectivity index (χ1n) is 4.12. The van der Waals surface area contributed by atoms with Gasteiger partial charge >= 0.3 is 0 Å². The van der Waals surface area contributed by atoms with Crippen LogP contribution in [-0.2, 0) is 4.74 Å². The van der Waals surface area contributed by atoms with E-state index in [4.69, 9.17) is 15.6 Å². The largest absolute Gasteiger partial charge is 0.394 e. The van der Waals surface area contributed by atoms with E-state index in [-0.39, 0.29) is 6.54 Å². The lowest BCUT2D eigenvalue weighted by Crippen LogP contribution is -2.57. The Bertz CT molecular complexity index is 167. The van der Waals surface area contributed by atoms with Gasteiger partial charge in [-0.25, -0.2) is 0 Å². The van der Waals surface area contributed by atoms with E-state index in [0.717, 1.165) is 0 Å². The van der Waals surface area contributed by atoms with Crippen LogP contribution in [0, 0.1) is 5.92 Å². The fourth-order valence-electron chi connectivity index (χ4n) is 1.41. The Hall–Kier alpha value is -0.240. The maximum absolute atomic E-state index is 9.43. The Morgan fingerprint density at radius 1 is 1.15 bits per heavy atom. The van der Waals surface area contributed by atoms with E-state index in [1.54, 1.807) is 0 Å². The van der Waals surface area contributed by atoms with E-state index >= 15 is 0 Å². The number of hydrogen-bond donors (Lipinski definition) is 5. The Morgan fingerprint density at radius 2 is 1.77 bits per heavy atom. The van der Waals surface area contributed by atoms with Crippen molar-refractivity contribution in [3.05, 3.63) is 0 Å². The van der Waals surface area contributed by atoms with Crippen molar-refractivity contribution in [1.29, 1.82) is 0 Å². The molecule has 0 radical (unpaired) electrons. The van der Waals surface area contributed by atoms with Crippen molar-refractivity contribution in [2.45, 2.75) is 24.6 Å². The van der Waals surface area contributed by atoms with Crippen molar-refractivity contribution in [1.82, 2.24) is 0 Å². The SMILES string of the molecule is NC[C@@H]1C(O)O[C@H](CO)[C@@H](O)[C@@H]1O. The predicted molar refractivity (Wildman–Crippen MR) is 42.5 cm³/mol. The lowest BCUT2D eigenvalue weighted by Gasteiger charge is -2.39. The van der Waals surface area contributed by atoms with E-state index < -0.39 is 37.1 Å². The number of rotatable bonds is 2. The van der Waals surface area contributed by atoms with Crippen molar-refractivity contribution < 1.29 is 25.2 Å². The third kappa shape index (κ3) is 1.98. The molecule has 1 rings (SSSR count). The topological polar surface area (TPSA) is 116 Å². The van der Waals surface area contributed by atoms with Gasteiger partial charge in [-0.05, 0) is 0 Å². The highest BCUT2D eigenvalue weighted by molar-refractivity contribution is 4.88. The summed E-state index contributed by atoms with van der Waals surface area (Å²) >= 11 is 0. The number of nitrogens with two attached hydrogens (primary N) is 1. The van der Waals surface area contributed by atoms with Crippen molar-refractivity contribution >= 4 is 0 Å². The maximum atomic E-state index is 9.43. The summed E-state index contributed by atoms with van der Waals surface area (Å²) in [5.41, 5.74) is 5.26. The molecule has 5 atom stereocenters. The summed E-state index contributed by atoms with van der Waals surface area (Å²) in [4.78, 5) is 0. The predicted octanol–water partition coefficient (Wildman–Crippen LogP) is -3.01. The highest BCUT2D eigenvalue weighted by Crippen LogP contribution is 2.23. The lowest BCUT2D eigenvalue weighted by molar-refractivity contribution is -0.267. The minimum Gasteiger partial charge on any atom is -0.394 e. The van der Waals surface area contributed by atoms with Crippen LogP contribution < -0.4 is 5.73 Å². The molecule has 13 heavy (non-hydrogen) atoms. The molecule has 0 aliphatic carbocycles. The second-order valence-electron chi connectivity index (χ2n) is 3.13. The third-order valence-corrected chi connectivity index (χ3v) is 2.30. The van der Waals surface area contributed by atoms with Crippen LogP contribution in [0.15, 0.2) is 0 Å². The van der Waals surface area contributed by atoms with Crippen LogP contribution >= 0.6 is 0 Å². The van der Waals surface area contributed by atoms with Gasteiger partial charge in [0.15, 0.2) is 6.29 Å². The van der Waals surface area contributed by atoms with Crippen LogP contribution in [0.4, 0.5) is 0 Å². The van der Waals surface area contributed by atoms with Crippen LogP contribution in [0.3, 0.4) is 0 Å². The van der Waals surface area contributed by atoms with Gasteiger partial charge < -0.3 is 30.9 Å². The lowest BCUT2D eigenvalue weighted by atomic mass is 9.91. The molecule has 1 aliphatic rings. The molecule has 6 nitrogen and oxygen atoms in total. The monoisotopic (exact) mass is 193 g/mol. The van der Waals surface area contributed by atoms with Crippen LogP contribution in [0.5, 0.6) is 0 Å². The molecule has 0 amide bonds. The number of aliphatic hydroxyl groups is 4. The molecule has 1 aliphatic heterocycles. The second kappa shape index (κ2) is 4.32. The molecule has 0 bridgehead atoms. The van der Waals surface area contributed by atoms with Crippen molar-refractivity contribution in [2.24, 2.45) is 11.7 Å². The quantitative estimate of drug-likeness (QED) is 0.319. The number of hydrogen-bond acceptors (Lipinski definition) is 6. The van der Waals surface area contributed by atoms with Crippen LogP contribution in [0.25, 0.3) is 0 Å². The summed E-state index contributed by atoms with van der Waals surface area (Å²) in [6.07, 6.45) is -4.55. The molecule has 0 spiro atoms. The summed E-state index contributed by atoms with van der Waals surface area (Å²) in [5, 5.41) is 36.8. The van der Waals surface area contributed by atoms with Gasteiger partial charge in [0, 0.05) is 6.54 Å². The van der Waals surface area contributed by atoms with Gasteiger partial charge in [0.25, 0.3) is 0 Å². The summed E-state index contributed by atoms with van der Waals surface area (Å²) < 4.78 is 4.84. The highest BCUT2D eigenvalue weighted by atomic mass is 16.6. The summed E-state index contributed by atoms with van der Waals surface area (Å²) in [5.74, 6) is -0.710. The van der Waals surface area contributed by atoms with Crippen LogP contribution in [0.1, 0.15) is 0 Å². The van der Waals surface area contributed by atoms with E-state index in [2.05, 4.69) is 0 Å². The Balaban J connectivity index is 2.66. The molecule has 1 fully saturated rings. The molecule has 0 aromatic heterocycles. The Labute approximate surface area is 75.6 Å². The molecule has 1 saturated heterocycles. The normalized spacial score (nSPS) is 46.4. The Morgan fingerprint density at radius 3 is 2.23 bits per heavy atom. The van der Waals surface area contributed by atoms with Gasteiger partial charge in [-0.1, -0.05) is 0 Å². The third-order valence-electron chi connectivity index (χ3n) is 2.30. The molecule has 78 valence electrons. The fraction of sp³-hybridized carbons (Fsp3) is 1.00. The molecule has 0 aromatic rings. The first-order valence-corrected chi connectivity index (χ1v) is 4.12. The summed E-state index contributed by atoms with van der Waals surface area (Å²) in [6, 6.07) is 0. The fourth-order valence-corrected chi connectivity index (χ4v) is 1.41.